The molecule has 28 heavy (non-hydrogen) atoms. The highest BCUT2D eigenvalue weighted by molar-refractivity contribution is 5.92. The molecule has 0 saturated heterocycles. The first kappa shape index (κ1) is 19.2. The van der Waals surface area contributed by atoms with E-state index in [0.717, 1.165) is 11.1 Å². The Hall–Kier alpha value is -3.55. The molecule has 146 valence electrons. The average molecular weight is 383 g/mol. The number of carbonyl (C=O) groups excluding carboxylic acids is 1. The molecule has 0 aliphatic heterocycles. The van der Waals surface area contributed by atoms with Crippen LogP contribution in [0.4, 0.5) is 5.69 Å². The summed E-state index contributed by atoms with van der Waals surface area (Å²) in [6.45, 7) is 1.96. The second-order valence-corrected chi connectivity index (χ2v) is 5.97. The summed E-state index contributed by atoms with van der Waals surface area (Å²) in [5, 5.41) is 6.73. The lowest BCUT2D eigenvalue weighted by Crippen LogP contribution is -2.15. The predicted molar refractivity (Wildman–Crippen MR) is 103 cm³/mol. The van der Waals surface area contributed by atoms with Crippen LogP contribution in [0.25, 0.3) is 11.4 Å². The van der Waals surface area contributed by atoms with Gasteiger partial charge in [-0.2, -0.15) is 4.98 Å². The van der Waals surface area contributed by atoms with E-state index in [1.54, 1.807) is 12.1 Å². The average Bonchev–Trinajstić information content (AvgIpc) is 3.15. The number of rotatable bonds is 7. The second kappa shape index (κ2) is 8.43. The van der Waals surface area contributed by atoms with Crippen molar-refractivity contribution in [2.75, 3.05) is 26.6 Å². The van der Waals surface area contributed by atoms with E-state index in [-0.39, 0.29) is 18.2 Å². The zero-order valence-electron chi connectivity index (χ0n) is 16.1. The Kier molecular flexibility index (Phi) is 5.78. The van der Waals surface area contributed by atoms with E-state index in [0.29, 0.717) is 28.8 Å². The summed E-state index contributed by atoms with van der Waals surface area (Å²) in [5.74, 6) is 1.70. The van der Waals surface area contributed by atoms with E-state index in [2.05, 4.69) is 15.5 Å². The van der Waals surface area contributed by atoms with Crippen molar-refractivity contribution in [2.24, 2.45) is 0 Å². The molecule has 0 saturated carbocycles. The molecule has 0 fully saturated rings. The lowest BCUT2D eigenvalue weighted by Gasteiger charge is -2.14. The largest absolute Gasteiger partial charge is 0.493 e. The van der Waals surface area contributed by atoms with Crippen LogP contribution in [0.3, 0.4) is 0 Å². The fourth-order valence-electron chi connectivity index (χ4n) is 2.76. The smallest absolute Gasteiger partial charge is 0.236 e. The van der Waals surface area contributed by atoms with Crippen LogP contribution in [0.15, 0.2) is 40.9 Å². The summed E-state index contributed by atoms with van der Waals surface area (Å²) < 4.78 is 21.1. The molecule has 2 aromatic carbocycles. The van der Waals surface area contributed by atoms with Crippen LogP contribution in [-0.4, -0.2) is 37.4 Å². The Labute approximate surface area is 162 Å². The maximum absolute atomic E-state index is 12.4. The van der Waals surface area contributed by atoms with Crippen LogP contribution in [0.5, 0.6) is 17.2 Å². The van der Waals surface area contributed by atoms with E-state index in [4.69, 9.17) is 18.7 Å². The minimum Gasteiger partial charge on any atom is -0.493 e. The molecule has 0 unspecified atom stereocenters. The molecule has 0 bridgehead atoms. The minimum atomic E-state index is -0.311. The first-order valence-electron chi connectivity index (χ1n) is 8.54. The van der Waals surface area contributed by atoms with Gasteiger partial charge in [-0.05, 0) is 12.5 Å². The second-order valence-electron chi connectivity index (χ2n) is 5.97. The molecule has 0 radical (unpaired) electrons. The van der Waals surface area contributed by atoms with Crippen molar-refractivity contribution in [3.8, 4) is 28.6 Å². The van der Waals surface area contributed by atoms with Crippen molar-refractivity contribution in [3.05, 3.63) is 47.9 Å². The first-order chi connectivity index (χ1) is 13.5. The maximum atomic E-state index is 12.4. The Morgan fingerprint density at radius 2 is 1.75 bits per heavy atom. The normalized spacial score (nSPS) is 10.4. The fraction of sp³-hybridized carbons (Fsp3) is 0.250. The standard InChI is InChI=1S/C20H21N3O5/c1-12-7-5-6-8-14(12)20-22-18(28-23-20)11-17(24)21-13-9-15(25-2)19(27-4)16(10-13)26-3/h5-10H,11H2,1-4H3,(H,21,24). The quantitative estimate of drug-likeness (QED) is 0.669. The summed E-state index contributed by atoms with van der Waals surface area (Å²) in [4.78, 5) is 16.7. The molecule has 0 atom stereocenters. The van der Waals surface area contributed by atoms with Crippen LogP contribution in [0, 0.1) is 6.92 Å². The summed E-state index contributed by atoms with van der Waals surface area (Å²) in [6, 6.07) is 11.0. The molecular weight excluding hydrogens is 362 g/mol. The number of carbonyl (C=O) groups is 1. The van der Waals surface area contributed by atoms with Crippen LogP contribution < -0.4 is 19.5 Å². The van der Waals surface area contributed by atoms with Gasteiger partial charge in [-0.3, -0.25) is 4.79 Å². The topological polar surface area (TPSA) is 95.7 Å². The van der Waals surface area contributed by atoms with E-state index >= 15 is 0 Å². The van der Waals surface area contributed by atoms with Gasteiger partial charge in [0, 0.05) is 23.4 Å². The van der Waals surface area contributed by atoms with Crippen molar-refractivity contribution in [1.29, 1.82) is 0 Å². The summed E-state index contributed by atoms with van der Waals surface area (Å²) in [6.07, 6.45) is -0.0600. The number of amides is 1. The summed E-state index contributed by atoms with van der Waals surface area (Å²) >= 11 is 0. The number of nitrogens with zero attached hydrogens (tertiary/aromatic N) is 2. The van der Waals surface area contributed by atoms with Crippen molar-refractivity contribution in [2.45, 2.75) is 13.3 Å². The predicted octanol–water partition coefficient (Wildman–Crippen LogP) is 3.25. The Morgan fingerprint density at radius 3 is 2.36 bits per heavy atom. The Balaban J connectivity index is 1.74. The van der Waals surface area contributed by atoms with Gasteiger partial charge in [0.05, 0.1) is 21.3 Å². The highest BCUT2D eigenvalue weighted by atomic mass is 16.5. The van der Waals surface area contributed by atoms with Crippen molar-refractivity contribution in [3.63, 3.8) is 0 Å². The molecule has 0 aliphatic carbocycles. The first-order valence-corrected chi connectivity index (χ1v) is 8.54. The highest BCUT2D eigenvalue weighted by Crippen LogP contribution is 2.39. The Morgan fingerprint density at radius 1 is 1.07 bits per heavy atom. The number of aryl methyl sites for hydroxylation is 1. The van der Waals surface area contributed by atoms with Gasteiger partial charge >= 0.3 is 0 Å². The number of hydrogen-bond donors (Lipinski definition) is 1. The number of benzene rings is 2. The third-order valence-electron chi connectivity index (χ3n) is 4.11. The monoisotopic (exact) mass is 383 g/mol. The number of anilines is 1. The van der Waals surface area contributed by atoms with Gasteiger partial charge in [-0.25, -0.2) is 0 Å². The SMILES string of the molecule is COc1cc(NC(=O)Cc2nc(-c3ccccc3C)no2)cc(OC)c1OC. The lowest BCUT2D eigenvalue weighted by atomic mass is 10.1. The van der Waals surface area contributed by atoms with Gasteiger partial charge in [-0.1, -0.05) is 29.4 Å². The van der Waals surface area contributed by atoms with Crippen LogP contribution in [-0.2, 0) is 11.2 Å². The molecule has 8 nitrogen and oxygen atoms in total. The highest BCUT2D eigenvalue weighted by Gasteiger charge is 2.17. The lowest BCUT2D eigenvalue weighted by molar-refractivity contribution is -0.115. The molecule has 3 rings (SSSR count). The zero-order valence-corrected chi connectivity index (χ0v) is 16.1. The van der Waals surface area contributed by atoms with Crippen LogP contribution >= 0.6 is 0 Å². The van der Waals surface area contributed by atoms with E-state index in [1.807, 2.05) is 31.2 Å². The molecule has 0 spiro atoms. The number of ether oxygens (including phenoxy) is 3. The zero-order chi connectivity index (χ0) is 20.1. The van der Waals surface area contributed by atoms with E-state index < -0.39 is 0 Å². The van der Waals surface area contributed by atoms with Gasteiger partial charge < -0.3 is 24.1 Å². The fourth-order valence-corrected chi connectivity index (χ4v) is 2.76. The molecule has 3 aromatic rings. The van der Waals surface area contributed by atoms with Crippen LogP contribution in [0.2, 0.25) is 0 Å². The minimum absolute atomic E-state index is 0.0600. The van der Waals surface area contributed by atoms with Gasteiger partial charge in [-0.15, -0.1) is 0 Å². The van der Waals surface area contributed by atoms with Crippen molar-refractivity contribution >= 4 is 11.6 Å². The molecule has 1 N–H and O–H groups in total. The summed E-state index contributed by atoms with van der Waals surface area (Å²) in [7, 11) is 4.53. The van der Waals surface area contributed by atoms with Gasteiger partial charge in [0.25, 0.3) is 0 Å². The third-order valence-corrected chi connectivity index (χ3v) is 4.11. The molecular formula is C20H21N3O5. The molecule has 8 heteroatoms. The van der Waals surface area contributed by atoms with Crippen molar-refractivity contribution < 1.29 is 23.5 Å². The molecule has 1 aromatic heterocycles. The number of hydrogen-bond acceptors (Lipinski definition) is 7. The Bertz CT molecular complexity index is 958. The van der Waals surface area contributed by atoms with Gasteiger partial charge in [0.1, 0.15) is 6.42 Å². The van der Waals surface area contributed by atoms with Crippen molar-refractivity contribution in [1.82, 2.24) is 10.1 Å². The van der Waals surface area contributed by atoms with Crippen LogP contribution in [0.1, 0.15) is 11.5 Å². The van der Waals surface area contributed by atoms with E-state index in [9.17, 15) is 4.79 Å². The molecule has 1 amide bonds. The number of methoxy groups -OCH3 is 3. The summed E-state index contributed by atoms with van der Waals surface area (Å²) in [5.41, 5.74) is 2.39. The molecule has 0 aliphatic rings. The number of aromatic nitrogens is 2. The van der Waals surface area contributed by atoms with Gasteiger partial charge in [0.2, 0.25) is 23.4 Å². The van der Waals surface area contributed by atoms with Gasteiger partial charge in [0.15, 0.2) is 11.5 Å². The maximum Gasteiger partial charge on any atom is 0.236 e. The number of nitrogens with one attached hydrogen (secondary N) is 1. The third kappa shape index (κ3) is 4.06. The van der Waals surface area contributed by atoms with E-state index in [1.165, 1.54) is 21.3 Å². The molecule has 1 heterocycles.